The van der Waals surface area contributed by atoms with E-state index in [9.17, 15) is 14.4 Å². The summed E-state index contributed by atoms with van der Waals surface area (Å²) in [5, 5.41) is 5.59. The molecule has 0 aromatic heterocycles. The van der Waals surface area contributed by atoms with E-state index in [0.29, 0.717) is 26.4 Å². The minimum absolute atomic E-state index is 0.0195. The van der Waals surface area contributed by atoms with Crippen LogP contribution in [0.3, 0.4) is 0 Å². The second-order valence-corrected chi connectivity index (χ2v) is 10.9. The summed E-state index contributed by atoms with van der Waals surface area (Å²) in [5.74, 6) is -1.39. The lowest BCUT2D eigenvalue weighted by Crippen LogP contribution is -2.19. The Bertz CT molecular complexity index is 1890. The Balaban J connectivity index is 1.33. The van der Waals surface area contributed by atoms with Crippen LogP contribution in [0.15, 0.2) is 120 Å². The van der Waals surface area contributed by atoms with Crippen molar-refractivity contribution in [2.24, 2.45) is 5.10 Å². The molecule has 1 N–H and O–H groups in total. The van der Waals surface area contributed by atoms with Gasteiger partial charge in [0.05, 0.1) is 22.9 Å². The molecule has 1 amide bonds. The van der Waals surface area contributed by atoms with Crippen LogP contribution in [0.25, 0.3) is 0 Å². The first kappa shape index (κ1) is 32.2. The highest BCUT2D eigenvalue weighted by Gasteiger charge is 2.16. The van der Waals surface area contributed by atoms with Crippen molar-refractivity contribution in [3.8, 4) is 17.2 Å². The summed E-state index contributed by atoms with van der Waals surface area (Å²) >= 11 is 17.8. The van der Waals surface area contributed by atoms with E-state index in [4.69, 9.17) is 49.0 Å². The molecule has 230 valence electrons. The number of hydrogen-bond donors (Lipinski definition) is 1. The van der Waals surface area contributed by atoms with Crippen LogP contribution >= 0.6 is 34.8 Å². The van der Waals surface area contributed by atoms with Gasteiger partial charge >= 0.3 is 11.9 Å². The Labute approximate surface area is 279 Å². The summed E-state index contributed by atoms with van der Waals surface area (Å²) in [7, 11) is 0. The maximum Gasteiger partial charge on any atom is 0.343 e. The van der Waals surface area contributed by atoms with Crippen LogP contribution in [0, 0.1) is 0 Å². The van der Waals surface area contributed by atoms with Gasteiger partial charge in [0.25, 0.3) is 5.91 Å². The molecule has 46 heavy (non-hydrogen) atoms. The molecule has 0 saturated heterocycles. The summed E-state index contributed by atoms with van der Waals surface area (Å²) < 4.78 is 17.0. The quantitative estimate of drug-likeness (QED) is 0.0691. The van der Waals surface area contributed by atoms with E-state index < -0.39 is 17.8 Å². The molecule has 11 heteroatoms. The van der Waals surface area contributed by atoms with Gasteiger partial charge in [-0.3, -0.25) is 4.79 Å². The number of rotatable bonds is 10. The molecule has 5 rings (SSSR count). The molecule has 0 bridgehead atoms. The lowest BCUT2D eigenvalue weighted by molar-refractivity contribution is 0.0731. The third-order valence-corrected chi connectivity index (χ3v) is 7.12. The monoisotopic (exact) mass is 672 g/mol. The number of para-hydroxylation sites is 1. The maximum absolute atomic E-state index is 13.0. The van der Waals surface area contributed by atoms with Crippen molar-refractivity contribution in [1.82, 2.24) is 5.43 Å². The molecule has 0 fully saturated rings. The number of esters is 2. The second-order valence-electron chi connectivity index (χ2n) is 9.60. The van der Waals surface area contributed by atoms with Crippen LogP contribution in [0.5, 0.6) is 17.2 Å². The number of hydrazone groups is 1. The zero-order valence-electron chi connectivity index (χ0n) is 23.8. The predicted molar refractivity (Wildman–Crippen MR) is 177 cm³/mol. The third-order valence-electron chi connectivity index (χ3n) is 6.37. The lowest BCUT2D eigenvalue weighted by Gasteiger charge is -2.11. The Morgan fingerprint density at radius 2 is 1.22 bits per heavy atom. The van der Waals surface area contributed by atoms with E-state index >= 15 is 0 Å². The zero-order chi connectivity index (χ0) is 32.5. The van der Waals surface area contributed by atoms with Crippen molar-refractivity contribution in [2.45, 2.75) is 6.61 Å². The van der Waals surface area contributed by atoms with Gasteiger partial charge in [-0.2, -0.15) is 5.10 Å². The van der Waals surface area contributed by atoms with Gasteiger partial charge in [-0.1, -0.05) is 59.1 Å². The topological polar surface area (TPSA) is 103 Å². The van der Waals surface area contributed by atoms with E-state index in [1.807, 2.05) is 12.1 Å². The van der Waals surface area contributed by atoms with E-state index in [1.165, 1.54) is 48.7 Å². The van der Waals surface area contributed by atoms with Gasteiger partial charge in [0, 0.05) is 26.7 Å². The van der Waals surface area contributed by atoms with Crippen molar-refractivity contribution >= 4 is 58.9 Å². The van der Waals surface area contributed by atoms with Crippen LogP contribution < -0.4 is 19.6 Å². The molecule has 0 aliphatic carbocycles. The fraction of sp³-hybridized carbons (Fsp3) is 0.0286. The first-order chi connectivity index (χ1) is 22.2. The third kappa shape index (κ3) is 8.73. The Kier molecular flexibility index (Phi) is 10.7. The highest BCUT2D eigenvalue weighted by molar-refractivity contribution is 6.31. The Morgan fingerprint density at radius 3 is 1.85 bits per heavy atom. The van der Waals surface area contributed by atoms with Crippen molar-refractivity contribution < 1.29 is 28.6 Å². The van der Waals surface area contributed by atoms with Gasteiger partial charge in [0.2, 0.25) is 0 Å². The fourth-order valence-electron chi connectivity index (χ4n) is 4.01. The molecule has 0 aliphatic heterocycles. The van der Waals surface area contributed by atoms with Crippen LogP contribution in [0.1, 0.15) is 42.2 Å². The molecule has 0 atom stereocenters. The number of ether oxygens (including phenoxy) is 3. The molecular formula is C35H23Cl3N2O6. The molecule has 0 spiro atoms. The molecule has 0 radical (unpaired) electrons. The zero-order valence-corrected chi connectivity index (χ0v) is 26.1. The van der Waals surface area contributed by atoms with Crippen LogP contribution in [-0.2, 0) is 6.61 Å². The normalized spacial score (nSPS) is 10.8. The molecule has 0 aliphatic rings. The van der Waals surface area contributed by atoms with Gasteiger partial charge in [-0.25, -0.2) is 15.0 Å². The molecule has 0 saturated carbocycles. The first-order valence-corrected chi connectivity index (χ1v) is 14.8. The number of carbonyl (C=O) groups is 3. The highest BCUT2D eigenvalue weighted by atomic mass is 35.5. The predicted octanol–water partition coefficient (Wildman–Crippen LogP) is 8.43. The number of carbonyl (C=O) groups excluding carboxylic acids is 3. The average molecular weight is 674 g/mol. The van der Waals surface area contributed by atoms with Gasteiger partial charge < -0.3 is 14.2 Å². The number of nitrogens with one attached hydrogen (secondary N) is 1. The second kappa shape index (κ2) is 15.2. The number of nitrogens with zero attached hydrogens (tertiary/aromatic N) is 1. The minimum atomic E-state index is -0.691. The summed E-state index contributed by atoms with van der Waals surface area (Å²) in [4.78, 5) is 38.6. The van der Waals surface area contributed by atoms with Crippen molar-refractivity contribution in [1.29, 1.82) is 0 Å². The smallest absolute Gasteiger partial charge is 0.343 e. The van der Waals surface area contributed by atoms with Gasteiger partial charge in [0.1, 0.15) is 23.9 Å². The van der Waals surface area contributed by atoms with Crippen molar-refractivity contribution in [3.05, 3.63) is 158 Å². The standard InChI is InChI=1S/C35H23Cl3N2O6/c36-26-12-5-22(6-13-26)21-44-31-4-2-1-3-30(31)33(41)40-39-20-25-11-18-29(45-34(42)23-7-14-27(37)15-8-23)19-32(25)46-35(43)24-9-16-28(38)17-10-24/h1-20H,21H2,(H,40,41). The number of benzene rings is 5. The van der Waals surface area contributed by atoms with E-state index in [-0.39, 0.29) is 34.8 Å². The summed E-state index contributed by atoms with van der Waals surface area (Å²) in [6.07, 6.45) is 1.30. The molecule has 8 nitrogen and oxygen atoms in total. The average Bonchev–Trinajstić information content (AvgIpc) is 3.06. The fourth-order valence-corrected chi connectivity index (χ4v) is 4.39. The first-order valence-electron chi connectivity index (χ1n) is 13.6. The lowest BCUT2D eigenvalue weighted by atomic mass is 10.2. The Hall–Kier alpha value is -5.15. The SMILES string of the molecule is O=C(Oc1ccc(C=NNC(=O)c2ccccc2OCc2ccc(Cl)cc2)c(OC(=O)c2ccc(Cl)cc2)c1)c1ccc(Cl)cc1. The van der Waals surface area contributed by atoms with Crippen LogP contribution in [0.2, 0.25) is 15.1 Å². The van der Waals surface area contributed by atoms with Crippen LogP contribution in [-0.4, -0.2) is 24.1 Å². The molecule has 0 unspecified atom stereocenters. The van der Waals surface area contributed by atoms with Gasteiger partial charge in [-0.05, 0) is 90.5 Å². The minimum Gasteiger partial charge on any atom is -0.488 e. The molecule has 0 heterocycles. The Morgan fingerprint density at radius 1 is 0.652 bits per heavy atom. The van der Waals surface area contributed by atoms with Crippen LogP contribution in [0.4, 0.5) is 0 Å². The van der Waals surface area contributed by atoms with Gasteiger partial charge in [-0.15, -0.1) is 0 Å². The number of halogens is 3. The van der Waals surface area contributed by atoms with E-state index in [1.54, 1.807) is 60.7 Å². The number of amides is 1. The van der Waals surface area contributed by atoms with Crippen molar-refractivity contribution in [2.75, 3.05) is 0 Å². The van der Waals surface area contributed by atoms with E-state index in [2.05, 4.69) is 10.5 Å². The largest absolute Gasteiger partial charge is 0.488 e. The summed E-state index contributed by atoms with van der Waals surface area (Å²) in [6, 6.07) is 30.6. The number of hydrogen-bond acceptors (Lipinski definition) is 7. The molecule has 5 aromatic carbocycles. The summed E-state index contributed by atoms with van der Waals surface area (Å²) in [5.41, 5.74) is 4.41. The molecular weight excluding hydrogens is 651 g/mol. The molecule has 5 aromatic rings. The maximum atomic E-state index is 13.0. The van der Waals surface area contributed by atoms with E-state index in [0.717, 1.165) is 5.56 Å². The highest BCUT2D eigenvalue weighted by Crippen LogP contribution is 2.26. The van der Waals surface area contributed by atoms with Crippen molar-refractivity contribution in [3.63, 3.8) is 0 Å². The van der Waals surface area contributed by atoms with Gasteiger partial charge in [0.15, 0.2) is 0 Å². The summed E-state index contributed by atoms with van der Waals surface area (Å²) in [6.45, 7) is 0.224.